The summed E-state index contributed by atoms with van der Waals surface area (Å²) in [5.74, 6) is 0.346. The summed E-state index contributed by atoms with van der Waals surface area (Å²) >= 11 is 0. The quantitative estimate of drug-likeness (QED) is 0.496. The van der Waals surface area contributed by atoms with Crippen molar-refractivity contribution < 1.29 is 9.13 Å². The third-order valence-corrected chi connectivity index (χ3v) is 5.73. The van der Waals surface area contributed by atoms with Crippen LogP contribution in [-0.4, -0.2) is 40.1 Å². The molecule has 1 N–H and O–H groups in total. The summed E-state index contributed by atoms with van der Waals surface area (Å²) in [7, 11) is 1.60. The highest BCUT2D eigenvalue weighted by atomic mass is 19.1. The molecule has 0 unspecified atom stereocenters. The van der Waals surface area contributed by atoms with Crippen LogP contribution in [0.15, 0.2) is 67.0 Å². The first kappa shape index (κ1) is 19.5. The number of fused-ring (bicyclic) bond motifs is 1. The number of benzene rings is 1. The third kappa shape index (κ3) is 3.94. The Morgan fingerprint density at radius 3 is 2.77 bits per heavy atom. The smallest absolute Gasteiger partial charge is 0.138 e. The van der Waals surface area contributed by atoms with Crippen LogP contribution in [0.4, 0.5) is 4.39 Å². The van der Waals surface area contributed by atoms with Crippen molar-refractivity contribution in [3.8, 4) is 16.9 Å². The maximum atomic E-state index is 14.0. The number of rotatable bonds is 5. The van der Waals surface area contributed by atoms with E-state index in [0.29, 0.717) is 5.75 Å². The van der Waals surface area contributed by atoms with Crippen molar-refractivity contribution in [3.05, 3.63) is 84.2 Å². The van der Waals surface area contributed by atoms with E-state index < -0.39 is 0 Å². The van der Waals surface area contributed by atoms with E-state index in [1.807, 2.05) is 24.4 Å². The van der Waals surface area contributed by atoms with E-state index >= 15 is 0 Å². The molecule has 0 aliphatic carbocycles. The standard InChI is InChI=1S/C25H23FN4O/c1-31-24-6-5-18(26)14-21(24)20-7-11-28-25-22(20)15-23(29-25)17-8-12-30(13-9-17)16-19-4-2-3-10-27-19/h2-8,10-11,14-15H,9,12-13,16H2,1H3,(H,28,29). The number of halogens is 1. The van der Waals surface area contributed by atoms with E-state index in [0.717, 1.165) is 59.6 Å². The topological polar surface area (TPSA) is 54.0 Å². The number of aromatic amines is 1. The van der Waals surface area contributed by atoms with Crippen LogP contribution in [0.2, 0.25) is 0 Å². The monoisotopic (exact) mass is 414 g/mol. The number of hydrogen-bond donors (Lipinski definition) is 1. The lowest BCUT2D eigenvalue weighted by Gasteiger charge is -2.25. The van der Waals surface area contributed by atoms with Crippen molar-refractivity contribution >= 4 is 16.6 Å². The van der Waals surface area contributed by atoms with Gasteiger partial charge in [0.25, 0.3) is 0 Å². The van der Waals surface area contributed by atoms with Crippen molar-refractivity contribution in [1.29, 1.82) is 0 Å². The molecule has 3 aromatic heterocycles. The minimum Gasteiger partial charge on any atom is -0.496 e. The molecular weight excluding hydrogens is 391 g/mol. The second-order valence-corrected chi connectivity index (χ2v) is 7.68. The molecule has 0 saturated carbocycles. The molecule has 5 nitrogen and oxygen atoms in total. The molecule has 0 atom stereocenters. The zero-order valence-electron chi connectivity index (χ0n) is 17.3. The van der Waals surface area contributed by atoms with Gasteiger partial charge in [0, 0.05) is 48.7 Å². The minimum absolute atomic E-state index is 0.292. The number of methoxy groups -OCH3 is 1. The summed E-state index contributed by atoms with van der Waals surface area (Å²) in [4.78, 5) is 14.8. The Balaban J connectivity index is 1.44. The number of ether oxygens (including phenoxy) is 1. The predicted octanol–water partition coefficient (Wildman–Crippen LogP) is 5.06. The molecule has 1 aliphatic heterocycles. The van der Waals surface area contributed by atoms with Gasteiger partial charge in [0.1, 0.15) is 17.2 Å². The molecule has 4 heterocycles. The lowest BCUT2D eigenvalue weighted by molar-refractivity contribution is 0.290. The first-order valence-electron chi connectivity index (χ1n) is 10.3. The third-order valence-electron chi connectivity index (χ3n) is 5.73. The van der Waals surface area contributed by atoms with Gasteiger partial charge >= 0.3 is 0 Å². The highest BCUT2D eigenvalue weighted by Crippen LogP contribution is 2.36. The van der Waals surface area contributed by atoms with E-state index in [4.69, 9.17) is 4.74 Å². The van der Waals surface area contributed by atoms with Crippen LogP contribution < -0.4 is 4.74 Å². The maximum absolute atomic E-state index is 14.0. The Kier molecular flexibility index (Phi) is 5.22. The molecule has 1 aliphatic rings. The Morgan fingerprint density at radius 2 is 2.00 bits per heavy atom. The number of aromatic nitrogens is 3. The lowest BCUT2D eigenvalue weighted by atomic mass is 10.0. The Hall–Kier alpha value is -3.51. The highest BCUT2D eigenvalue weighted by Gasteiger charge is 2.18. The number of hydrogen-bond acceptors (Lipinski definition) is 4. The SMILES string of the molecule is COc1ccc(F)cc1-c1ccnc2[nH]c(C3=CCN(Cc4ccccn4)CC3)cc12. The fraction of sp³-hybridized carbons (Fsp3) is 0.200. The summed E-state index contributed by atoms with van der Waals surface area (Å²) in [6.07, 6.45) is 6.78. The van der Waals surface area contributed by atoms with E-state index in [1.165, 1.54) is 17.7 Å². The number of nitrogens with zero attached hydrogens (tertiary/aromatic N) is 3. The predicted molar refractivity (Wildman–Crippen MR) is 120 cm³/mol. The van der Waals surface area contributed by atoms with Gasteiger partial charge in [-0.25, -0.2) is 9.37 Å². The van der Waals surface area contributed by atoms with Crippen LogP contribution >= 0.6 is 0 Å². The second kappa shape index (κ2) is 8.32. The van der Waals surface area contributed by atoms with Crippen LogP contribution in [0.1, 0.15) is 17.8 Å². The Bertz CT molecular complexity index is 1250. The first-order valence-corrected chi connectivity index (χ1v) is 10.3. The summed E-state index contributed by atoms with van der Waals surface area (Å²) < 4.78 is 19.4. The molecule has 156 valence electrons. The van der Waals surface area contributed by atoms with Gasteiger partial charge in [0.15, 0.2) is 0 Å². The Morgan fingerprint density at radius 1 is 1.06 bits per heavy atom. The van der Waals surface area contributed by atoms with Gasteiger partial charge < -0.3 is 9.72 Å². The fourth-order valence-electron chi connectivity index (χ4n) is 4.15. The average molecular weight is 414 g/mol. The molecule has 0 bridgehead atoms. The van der Waals surface area contributed by atoms with Crippen LogP contribution in [-0.2, 0) is 6.54 Å². The molecule has 0 radical (unpaired) electrons. The summed E-state index contributed by atoms with van der Waals surface area (Å²) in [5.41, 5.74) is 5.82. The van der Waals surface area contributed by atoms with Crippen molar-refractivity contribution in [1.82, 2.24) is 19.9 Å². The van der Waals surface area contributed by atoms with Crippen molar-refractivity contribution in [2.75, 3.05) is 20.2 Å². The molecule has 0 amide bonds. The Labute approximate surface area is 180 Å². The molecule has 1 aromatic carbocycles. The van der Waals surface area contributed by atoms with Gasteiger partial charge in [0.05, 0.1) is 12.8 Å². The second-order valence-electron chi connectivity index (χ2n) is 7.68. The number of nitrogens with one attached hydrogen (secondary N) is 1. The number of H-pyrrole nitrogens is 1. The molecule has 31 heavy (non-hydrogen) atoms. The summed E-state index contributed by atoms with van der Waals surface area (Å²) in [5, 5.41) is 0.957. The zero-order valence-corrected chi connectivity index (χ0v) is 17.3. The molecular formula is C25H23FN4O. The van der Waals surface area contributed by atoms with Crippen molar-refractivity contribution in [3.63, 3.8) is 0 Å². The first-order chi connectivity index (χ1) is 15.2. The van der Waals surface area contributed by atoms with E-state index in [1.54, 1.807) is 19.4 Å². The normalized spacial score (nSPS) is 14.6. The van der Waals surface area contributed by atoms with Gasteiger partial charge in [-0.2, -0.15) is 0 Å². The van der Waals surface area contributed by atoms with Crippen molar-refractivity contribution in [2.45, 2.75) is 13.0 Å². The van der Waals surface area contributed by atoms with Crippen LogP contribution in [0.25, 0.3) is 27.7 Å². The van der Waals surface area contributed by atoms with Crippen LogP contribution in [0.5, 0.6) is 5.75 Å². The summed E-state index contributed by atoms with van der Waals surface area (Å²) in [6, 6.07) is 14.6. The molecule has 5 rings (SSSR count). The van der Waals surface area contributed by atoms with Crippen LogP contribution in [0.3, 0.4) is 0 Å². The molecule has 0 saturated heterocycles. The van der Waals surface area contributed by atoms with Crippen LogP contribution in [0, 0.1) is 5.82 Å². The van der Waals surface area contributed by atoms with Gasteiger partial charge in [-0.1, -0.05) is 12.1 Å². The molecule has 6 heteroatoms. The van der Waals surface area contributed by atoms with Gasteiger partial charge in [0.2, 0.25) is 0 Å². The average Bonchev–Trinajstić information content (AvgIpc) is 3.25. The van der Waals surface area contributed by atoms with Crippen molar-refractivity contribution in [2.24, 2.45) is 0 Å². The minimum atomic E-state index is -0.292. The maximum Gasteiger partial charge on any atom is 0.138 e. The van der Waals surface area contributed by atoms with Gasteiger partial charge in [-0.3, -0.25) is 9.88 Å². The van der Waals surface area contributed by atoms with E-state index in [9.17, 15) is 4.39 Å². The lowest BCUT2D eigenvalue weighted by Crippen LogP contribution is -2.28. The van der Waals surface area contributed by atoms with Gasteiger partial charge in [-0.05, 0) is 60.0 Å². The summed E-state index contributed by atoms with van der Waals surface area (Å²) in [6.45, 7) is 2.69. The largest absolute Gasteiger partial charge is 0.496 e. The number of pyridine rings is 2. The molecule has 4 aromatic rings. The van der Waals surface area contributed by atoms with Gasteiger partial charge in [-0.15, -0.1) is 0 Å². The highest BCUT2D eigenvalue weighted by molar-refractivity contribution is 5.96. The fourth-order valence-corrected chi connectivity index (χ4v) is 4.15. The zero-order chi connectivity index (χ0) is 21.2. The molecule has 0 fully saturated rings. The van der Waals surface area contributed by atoms with E-state index in [-0.39, 0.29) is 5.82 Å². The van der Waals surface area contributed by atoms with E-state index in [2.05, 4.69) is 38.1 Å². The molecule has 0 spiro atoms.